The maximum absolute atomic E-state index is 11.6. The molecule has 2 N–H and O–H groups in total. The first-order chi connectivity index (χ1) is 25.0. The normalized spacial score (nSPS) is 16.2. The topological polar surface area (TPSA) is 119 Å². The van der Waals surface area contributed by atoms with E-state index < -0.39 is 19.9 Å². The molecule has 3 aromatic rings. The SMILES string of the molecule is C=CC(=O)Nc1ccc(N2CCCCC2)cc1.C=CS(=O)(=O)Nc1ccc(N2CCCCC2)cc1.C=CS(=O)(=O)c1ccc(N2CCCCC2)cc1. The number of anilines is 5. The van der Waals surface area contributed by atoms with Gasteiger partial charge >= 0.3 is 0 Å². The largest absolute Gasteiger partial charge is 0.372 e. The molecule has 0 unspecified atom stereocenters. The summed E-state index contributed by atoms with van der Waals surface area (Å²) in [7, 11) is -6.71. The summed E-state index contributed by atoms with van der Waals surface area (Å²) < 4.78 is 48.2. The van der Waals surface area contributed by atoms with Crippen molar-refractivity contribution in [3.63, 3.8) is 0 Å². The van der Waals surface area contributed by atoms with Gasteiger partial charge in [0.25, 0.3) is 10.0 Å². The van der Waals surface area contributed by atoms with Crippen molar-refractivity contribution < 1.29 is 21.6 Å². The molecule has 3 aliphatic rings. The summed E-state index contributed by atoms with van der Waals surface area (Å²) in [4.78, 5) is 18.5. The van der Waals surface area contributed by atoms with Gasteiger partial charge in [-0.05, 0) is 137 Å². The first-order valence-corrected chi connectivity index (χ1v) is 21.1. The highest BCUT2D eigenvalue weighted by molar-refractivity contribution is 7.95. The minimum absolute atomic E-state index is 0.171. The summed E-state index contributed by atoms with van der Waals surface area (Å²) in [6.07, 6.45) is 12.6. The first-order valence-electron chi connectivity index (χ1n) is 18.0. The number of hydrogen-bond donors (Lipinski definition) is 2. The van der Waals surface area contributed by atoms with E-state index in [1.165, 1.54) is 69.6 Å². The van der Waals surface area contributed by atoms with E-state index in [9.17, 15) is 21.6 Å². The Balaban J connectivity index is 0.000000175. The number of carbonyl (C=O) groups excluding carboxylic acids is 1. The molecule has 52 heavy (non-hydrogen) atoms. The van der Waals surface area contributed by atoms with E-state index in [0.29, 0.717) is 10.6 Å². The van der Waals surface area contributed by atoms with Gasteiger partial charge in [-0.25, -0.2) is 16.8 Å². The van der Waals surface area contributed by atoms with Crippen molar-refractivity contribution in [2.45, 2.75) is 62.7 Å². The molecule has 1 amide bonds. The lowest BCUT2D eigenvalue weighted by Crippen LogP contribution is -2.29. The number of amides is 1. The average Bonchev–Trinajstić information content (AvgIpc) is 3.20. The molecule has 280 valence electrons. The van der Waals surface area contributed by atoms with Gasteiger partial charge in [0, 0.05) is 78.5 Å². The van der Waals surface area contributed by atoms with Crippen LogP contribution in [-0.4, -0.2) is 62.0 Å². The molecule has 0 aliphatic carbocycles. The minimum atomic E-state index is -3.41. The van der Waals surface area contributed by atoms with Gasteiger partial charge in [0.2, 0.25) is 5.91 Å². The second-order valence-electron chi connectivity index (χ2n) is 12.9. The zero-order valence-corrected chi connectivity index (χ0v) is 31.7. The quantitative estimate of drug-likeness (QED) is 0.201. The van der Waals surface area contributed by atoms with Crippen LogP contribution in [0.2, 0.25) is 0 Å². The third-order valence-electron chi connectivity index (χ3n) is 9.22. The summed E-state index contributed by atoms with van der Waals surface area (Å²) in [5.74, 6) is -0.171. The van der Waals surface area contributed by atoms with Crippen LogP contribution in [0.15, 0.2) is 114 Å². The average molecular weight is 748 g/mol. The standard InChI is InChI=1S/C14H18N2O.C13H18N2O2S.C13H17NO2S/c1-2-14(17)15-12-6-8-13(9-7-12)16-10-4-3-5-11-16;1-2-18(16,17)14-12-6-8-13(9-7-12)15-10-4-3-5-11-15;1-2-17(15,16)13-8-6-12(7-9-13)14-10-4-3-5-11-14/h2,6-9H,1,3-5,10-11H2,(H,15,17);2,6-9,14H,1,3-5,10-11H2;2,6-9H,1,3-5,10-11H2. The van der Waals surface area contributed by atoms with Crippen LogP contribution in [0, 0.1) is 0 Å². The number of hydrogen-bond acceptors (Lipinski definition) is 8. The first kappa shape index (κ1) is 40.2. The fourth-order valence-corrected chi connectivity index (χ4v) is 7.55. The molecule has 12 heteroatoms. The van der Waals surface area contributed by atoms with Crippen molar-refractivity contribution in [1.82, 2.24) is 0 Å². The lowest BCUT2D eigenvalue weighted by Gasteiger charge is -2.28. The molecular weight excluding hydrogens is 695 g/mol. The van der Waals surface area contributed by atoms with Gasteiger partial charge in [-0.2, -0.15) is 0 Å². The van der Waals surface area contributed by atoms with Crippen molar-refractivity contribution in [3.8, 4) is 0 Å². The molecule has 0 saturated carbocycles. The highest BCUT2D eigenvalue weighted by atomic mass is 32.2. The highest BCUT2D eigenvalue weighted by Gasteiger charge is 2.14. The number of nitrogens with zero attached hydrogens (tertiary/aromatic N) is 3. The molecule has 0 bridgehead atoms. The minimum Gasteiger partial charge on any atom is -0.372 e. The number of sulfonamides is 1. The number of nitrogens with one attached hydrogen (secondary N) is 2. The highest BCUT2D eigenvalue weighted by Crippen LogP contribution is 2.24. The van der Waals surface area contributed by atoms with Crippen molar-refractivity contribution in [2.75, 3.05) is 64.0 Å². The fraction of sp³-hybridized carbons (Fsp3) is 0.375. The second kappa shape index (κ2) is 19.9. The fourth-order valence-electron chi connectivity index (χ4n) is 6.29. The number of carbonyl (C=O) groups is 1. The molecule has 3 aromatic carbocycles. The predicted molar refractivity (Wildman–Crippen MR) is 216 cm³/mol. The summed E-state index contributed by atoms with van der Waals surface area (Å²) in [5.41, 5.74) is 4.87. The zero-order valence-electron chi connectivity index (χ0n) is 30.1. The third-order valence-corrected chi connectivity index (χ3v) is 11.5. The molecule has 0 spiro atoms. The summed E-state index contributed by atoms with van der Waals surface area (Å²) in [6, 6.07) is 22.5. The van der Waals surface area contributed by atoms with Crippen LogP contribution in [-0.2, 0) is 24.7 Å². The van der Waals surface area contributed by atoms with E-state index in [-0.39, 0.29) is 5.91 Å². The maximum atomic E-state index is 11.6. The Bertz CT molecular complexity index is 1810. The van der Waals surface area contributed by atoms with Gasteiger partial charge in [-0.1, -0.05) is 19.7 Å². The Morgan fingerprint density at radius 2 is 0.885 bits per heavy atom. The number of sulfone groups is 1. The van der Waals surface area contributed by atoms with Gasteiger partial charge in [0.05, 0.1) is 4.90 Å². The Kier molecular flexibility index (Phi) is 15.4. The molecule has 0 atom stereocenters. The van der Waals surface area contributed by atoms with Crippen molar-refractivity contribution >= 4 is 54.2 Å². The van der Waals surface area contributed by atoms with Crippen LogP contribution >= 0.6 is 0 Å². The smallest absolute Gasteiger partial charge is 0.254 e. The third kappa shape index (κ3) is 12.6. The van der Waals surface area contributed by atoms with Gasteiger partial charge in [0.15, 0.2) is 9.84 Å². The van der Waals surface area contributed by atoms with Gasteiger partial charge in [0.1, 0.15) is 0 Å². The summed E-state index contributed by atoms with van der Waals surface area (Å²) in [5, 5.41) is 4.64. The van der Waals surface area contributed by atoms with Crippen LogP contribution in [0.25, 0.3) is 0 Å². The van der Waals surface area contributed by atoms with Gasteiger partial charge in [-0.15, -0.1) is 0 Å². The number of piperidine rings is 3. The Hall–Kier alpha value is -4.55. The van der Waals surface area contributed by atoms with Crippen LogP contribution < -0.4 is 24.7 Å². The number of rotatable bonds is 10. The van der Waals surface area contributed by atoms with E-state index in [0.717, 1.165) is 67.1 Å². The van der Waals surface area contributed by atoms with E-state index in [1.54, 1.807) is 24.3 Å². The molecule has 6 rings (SSSR count). The van der Waals surface area contributed by atoms with E-state index in [4.69, 9.17) is 0 Å². The van der Waals surface area contributed by atoms with Crippen molar-refractivity contribution in [1.29, 1.82) is 0 Å². The van der Waals surface area contributed by atoms with Gasteiger partial charge in [-0.3, -0.25) is 9.52 Å². The van der Waals surface area contributed by atoms with E-state index in [1.807, 2.05) is 36.4 Å². The number of benzene rings is 3. The van der Waals surface area contributed by atoms with E-state index in [2.05, 4.69) is 56.6 Å². The summed E-state index contributed by atoms with van der Waals surface area (Å²) in [6.45, 7) is 16.6. The van der Waals surface area contributed by atoms with Crippen LogP contribution in [0.3, 0.4) is 0 Å². The Labute approximate surface area is 310 Å². The van der Waals surface area contributed by atoms with Crippen LogP contribution in [0.5, 0.6) is 0 Å². The molecule has 0 aromatic heterocycles. The molecule has 3 fully saturated rings. The van der Waals surface area contributed by atoms with Crippen LogP contribution in [0.4, 0.5) is 28.4 Å². The van der Waals surface area contributed by atoms with Crippen molar-refractivity contribution in [3.05, 3.63) is 109 Å². The molecule has 3 saturated heterocycles. The van der Waals surface area contributed by atoms with Crippen molar-refractivity contribution in [2.24, 2.45) is 0 Å². The monoisotopic (exact) mass is 747 g/mol. The van der Waals surface area contributed by atoms with E-state index >= 15 is 0 Å². The van der Waals surface area contributed by atoms with Crippen LogP contribution in [0.1, 0.15) is 57.8 Å². The Morgan fingerprint density at radius 1 is 0.519 bits per heavy atom. The molecule has 10 nitrogen and oxygen atoms in total. The van der Waals surface area contributed by atoms with Gasteiger partial charge < -0.3 is 20.0 Å². The molecule has 3 aliphatic heterocycles. The molecule has 0 radical (unpaired) electrons. The Morgan fingerprint density at radius 3 is 1.23 bits per heavy atom. The maximum Gasteiger partial charge on any atom is 0.254 e. The molecular formula is C40H53N5O5S2. The molecule has 3 heterocycles. The lowest BCUT2D eigenvalue weighted by molar-refractivity contribution is -0.111. The zero-order chi connectivity index (χ0) is 37.4. The second-order valence-corrected chi connectivity index (χ2v) is 16.5. The lowest BCUT2D eigenvalue weighted by atomic mass is 10.1. The predicted octanol–water partition coefficient (Wildman–Crippen LogP) is 7.96. The summed E-state index contributed by atoms with van der Waals surface area (Å²) >= 11 is 0.